The molecule has 0 aliphatic heterocycles. The summed E-state index contributed by atoms with van der Waals surface area (Å²) in [5.41, 5.74) is 1.09. The highest BCUT2D eigenvalue weighted by atomic mass is 79.9. The predicted octanol–water partition coefficient (Wildman–Crippen LogP) is 1.68. The zero-order valence-electron chi connectivity index (χ0n) is 11.2. The molecule has 0 aromatic heterocycles. The normalized spacial score (nSPS) is 12.4. The van der Waals surface area contributed by atoms with Gasteiger partial charge in [0, 0.05) is 20.2 Å². The first-order valence-electron chi connectivity index (χ1n) is 6.17. The van der Waals surface area contributed by atoms with Crippen molar-refractivity contribution >= 4 is 31.9 Å². The van der Waals surface area contributed by atoms with E-state index in [1.807, 2.05) is 12.1 Å². The van der Waals surface area contributed by atoms with E-state index >= 15 is 0 Å². The second-order valence-electron chi connectivity index (χ2n) is 4.21. The number of hydrogen-bond donors (Lipinski definition) is 3. The third-order valence-corrected chi connectivity index (χ3v) is 3.68. The first-order valence-corrected chi connectivity index (χ1v) is 7.76. The first kappa shape index (κ1) is 17.9. The lowest BCUT2D eigenvalue weighted by Gasteiger charge is -2.14. The van der Waals surface area contributed by atoms with Crippen molar-refractivity contribution in [3.63, 3.8) is 0 Å². The van der Waals surface area contributed by atoms with Crippen LogP contribution in [0.1, 0.15) is 5.56 Å². The van der Waals surface area contributed by atoms with Crippen molar-refractivity contribution in [2.24, 2.45) is 0 Å². The van der Waals surface area contributed by atoms with Crippen molar-refractivity contribution in [1.29, 1.82) is 0 Å². The van der Waals surface area contributed by atoms with Crippen LogP contribution >= 0.6 is 31.9 Å². The summed E-state index contributed by atoms with van der Waals surface area (Å²) in [5.74, 6) is 0.609. The summed E-state index contributed by atoms with van der Waals surface area (Å²) in [6, 6.07) is 3.90. The fourth-order valence-corrected chi connectivity index (χ4v) is 3.00. The molecule has 0 radical (unpaired) electrons. The SMILES string of the molecule is COCCNCc1cc(Br)c(OCC(O)CO)c(Br)c1. The van der Waals surface area contributed by atoms with E-state index in [9.17, 15) is 5.11 Å². The molecular weight excluding hydrogens is 394 g/mol. The van der Waals surface area contributed by atoms with Crippen LogP contribution in [0.25, 0.3) is 0 Å². The van der Waals surface area contributed by atoms with Crippen LogP contribution in [-0.4, -0.2) is 49.8 Å². The summed E-state index contributed by atoms with van der Waals surface area (Å²) in [5, 5.41) is 21.3. The lowest BCUT2D eigenvalue weighted by molar-refractivity contribution is 0.0531. The maximum Gasteiger partial charge on any atom is 0.147 e. The molecule has 0 aliphatic carbocycles. The van der Waals surface area contributed by atoms with Crippen LogP contribution < -0.4 is 10.1 Å². The average molecular weight is 413 g/mol. The van der Waals surface area contributed by atoms with E-state index in [0.29, 0.717) is 12.4 Å². The zero-order chi connectivity index (χ0) is 15.0. The first-order chi connectivity index (χ1) is 9.58. The summed E-state index contributed by atoms with van der Waals surface area (Å²) in [6.45, 7) is 1.89. The fourth-order valence-electron chi connectivity index (χ4n) is 1.49. The standard InChI is InChI=1S/C13H19Br2NO4/c1-19-3-2-16-6-9-4-11(14)13(12(15)5-9)20-8-10(18)7-17/h4-5,10,16-18H,2-3,6-8H2,1H3. The minimum Gasteiger partial charge on any atom is -0.488 e. The number of benzene rings is 1. The Morgan fingerprint density at radius 2 is 1.95 bits per heavy atom. The second kappa shape index (κ2) is 9.70. The molecule has 5 nitrogen and oxygen atoms in total. The third kappa shape index (κ3) is 6.07. The van der Waals surface area contributed by atoms with Crippen LogP contribution in [0.2, 0.25) is 0 Å². The molecule has 1 rings (SSSR count). The van der Waals surface area contributed by atoms with Gasteiger partial charge in [-0.2, -0.15) is 0 Å². The molecule has 3 N–H and O–H groups in total. The van der Waals surface area contributed by atoms with Gasteiger partial charge in [-0.15, -0.1) is 0 Å². The van der Waals surface area contributed by atoms with E-state index < -0.39 is 6.10 Å². The summed E-state index contributed by atoms with van der Waals surface area (Å²) >= 11 is 6.88. The van der Waals surface area contributed by atoms with Crippen LogP contribution in [0.15, 0.2) is 21.1 Å². The van der Waals surface area contributed by atoms with Gasteiger partial charge in [-0.25, -0.2) is 0 Å². The van der Waals surface area contributed by atoms with Crippen LogP contribution in [0.3, 0.4) is 0 Å². The number of ether oxygens (including phenoxy) is 2. The van der Waals surface area contributed by atoms with E-state index in [2.05, 4.69) is 37.2 Å². The number of methoxy groups -OCH3 is 1. The van der Waals surface area contributed by atoms with Crippen molar-refractivity contribution in [3.8, 4) is 5.75 Å². The van der Waals surface area contributed by atoms with Gasteiger partial charge < -0.3 is 25.0 Å². The minimum atomic E-state index is -0.885. The lowest BCUT2D eigenvalue weighted by Crippen LogP contribution is -2.21. The number of aliphatic hydroxyl groups is 2. The molecule has 1 unspecified atom stereocenters. The largest absolute Gasteiger partial charge is 0.488 e. The fraction of sp³-hybridized carbons (Fsp3) is 0.538. The van der Waals surface area contributed by atoms with Gasteiger partial charge >= 0.3 is 0 Å². The molecule has 0 amide bonds. The van der Waals surface area contributed by atoms with E-state index in [1.54, 1.807) is 7.11 Å². The van der Waals surface area contributed by atoms with Crippen LogP contribution in [-0.2, 0) is 11.3 Å². The molecule has 20 heavy (non-hydrogen) atoms. The molecule has 114 valence electrons. The van der Waals surface area contributed by atoms with Gasteiger partial charge in [0.15, 0.2) is 0 Å². The molecule has 1 aromatic carbocycles. The summed E-state index contributed by atoms with van der Waals surface area (Å²) < 4.78 is 12.0. The number of nitrogens with one attached hydrogen (secondary N) is 1. The molecule has 7 heteroatoms. The Hall–Kier alpha value is -0.180. The van der Waals surface area contributed by atoms with E-state index in [4.69, 9.17) is 14.6 Å². The average Bonchev–Trinajstić information content (AvgIpc) is 2.42. The molecule has 0 saturated heterocycles. The summed E-state index contributed by atoms with van der Waals surface area (Å²) in [7, 11) is 1.67. The van der Waals surface area contributed by atoms with Gasteiger partial charge in [0.2, 0.25) is 0 Å². The molecule has 0 spiro atoms. The molecule has 0 saturated carbocycles. The van der Waals surface area contributed by atoms with Crippen LogP contribution in [0.5, 0.6) is 5.75 Å². The molecule has 0 heterocycles. The van der Waals surface area contributed by atoms with E-state index in [-0.39, 0.29) is 13.2 Å². The highest BCUT2D eigenvalue weighted by Gasteiger charge is 2.11. The van der Waals surface area contributed by atoms with Crippen LogP contribution in [0.4, 0.5) is 0 Å². The molecular formula is C13H19Br2NO4. The second-order valence-corrected chi connectivity index (χ2v) is 5.91. The lowest BCUT2D eigenvalue weighted by atomic mass is 10.2. The predicted molar refractivity (Wildman–Crippen MR) is 84.0 cm³/mol. The van der Waals surface area contributed by atoms with Crippen molar-refractivity contribution in [2.45, 2.75) is 12.6 Å². The van der Waals surface area contributed by atoms with Gasteiger partial charge in [0.05, 0.1) is 22.2 Å². The number of hydrogen-bond acceptors (Lipinski definition) is 5. The Labute approximate surface area is 135 Å². The number of halogens is 2. The molecule has 0 aliphatic rings. The quantitative estimate of drug-likeness (QED) is 0.538. The molecule has 1 aromatic rings. The van der Waals surface area contributed by atoms with E-state index in [1.165, 1.54) is 0 Å². The van der Waals surface area contributed by atoms with Gasteiger partial charge in [0.1, 0.15) is 18.5 Å². The van der Waals surface area contributed by atoms with Gasteiger partial charge in [-0.05, 0) is 49.6 Å². The van der Waals surface area contributed by atoms with Crippen molar-refractivity contribution in [1.82, 2.24) is 5.32 Å². The van der Waals surface area contributed by atoms with Gasteiger partial charge in [-0.3, -0.25) is 0 Å². The molecule has 1 atom stereocenters. The number of rotatable bonds is 9. The topological polar surface area (TPSA) is 71.0 Å². The third-order valence-electron chi connectivity index (χ3n) is 2.50. The van der Waals surface area contributed by atoms with E-state index in [0.717, 1.165) is 27.6 Å². The molecule has 0 bridgehead atoms. The monoisotopic (exact) mass is 411 g/mol. The Bertz CT molecular complexity index is 394. The highest BCUT2D eigenvalue weighted by molar-refractivity contribution is 9.11. The Morgan fingerprint density at radius 1 is 1.30 bits per heavy atom. The maximum atomic E-state index is 9.29. The van der Waals surface area contributed by atoms with Crippen molar-refractivity contribution < 1.29 is 19.7 Å². The minimum absolute atomic E-state index is 0.0408. The van der Waals surface area contributed by atoms with Gasteiger partial charge in [-0.1, -0.05) is 0 Å². The zero-order valence-corrected chi connectivity index (χ0v) is 14.4. The molecule has 0 fully saturated rings. The summed E-state index contributed by atoms with van der Waals surface area (Å²) in [6.07, 6.45) is -0.885. The summed E-state index contributed by atoms with van der Waals surface area (Å²) in [4.78, 5) is 0. The maximum absolute atomic E-state index is 9.29. The van der Waals surface area contributed by atoms with Crippen molar-refractivity contribution in [2.75, 3.05) is 33.5 Å². The number of aliphatic hydroxyl groups excluding tert-OH is 2. The Kier molecular flexibility index (Phi) is 8.67. The Balaban J connectivity index is 2.61. The smallest absolute Gasteiger partial charge is 0.147 e. The highest BCUT2D eigenvalue weighted by Crippen LogP contribution is 2.34. The van der Waals surface area contributed by atoms with Crippen LogP contribution in [0, 0.1) is 0 Å². The van der Waals surface area contributed by atoms with Crippen molar-refractivity contribution in [3.05, 3.63) is 26.6 Å². The Morgan fingerprint density at radius 3 is 2.50 bits per heavy atom. The van der Waals surface area contributed by atoms with Gasteiger partial charge in [0.25, 0.3) is 0 Å².